The number of hydrogen-bond donors (Lipinski definition) is 1. The normalized spacial score (nSPS) is 21.9. The van der Waals surface area contributed by atoms with E-state index < -0.39 is 5.97 Å². The minimum absolute atomic E-state index is 0.0677. The van der Waals surface area contributed by atoms with E-state index in [4.69, 9.17) is 5.11 Å². The van der Waals surface area contributed by atoms with Gasteiger partial charge in [0.15, 0.2) is 5.78 Å². The minimum atomic E-state index is -0.990. The lowest BCUT2D eigenvalue weighted by atomic mass is 9.79. The summed E-state index contributed by atoms with van der Waals surface area (Å²) >= 11 is 0. The number of ketones is 1. The fourth-order valence-electron chi connectivity index (χ4n) is 2.72. The van der Waals surface area contributed by atoms with Crippen LogP contribution in [0.3, 0.4) is 0 Å². The van der Waals surface area contributed by atoms with Crippen LogP contribution in [0.2, 0.25) is 0 Å². The highest BCUT2D eigenvalue weighted by molar-refractivity contribution is 6.18. The average Bonchev–Trinajstić information content (AvgIpc) is 2.38. The molecule has 0 radical (unpaired) electrons. The van der Waals surface area contributed by atoms with Gasteiger partial charge in [0.1, 0.15) is 0 Å². The van der Waals surface area contributed by atoms with Gasteiger partial charge in [-0.3, -0.25) is 9.79 Å². The maximum absolute atomic E-state index is 12.3. The summed E-state index contributed by atoms with van der Waals surface area (Å²) in [6.07, 6.45) is 3.86. The Labute approximate surface area is 104 Å². The van der Waals surface area contributed by atoms with E-state index in [9.17, 15) is 9.59 Å². The molecule has 1 fully saturated rings. The monoisotopic (exact) mass is 243 g/mol. The molecule has 1 unspecified atom stereocenters. The molecule has 1 aliphatic carbocycles. The Morgan fingerprint density at radius 3 is 2.94 bits per heavy atom. The number of aliphatic imine (C=N–C) groups is 1. The Morgan fingerprint density at radius 1 is 1.33 bits per heavy atom. The number of carbonyl (C=O) groups excluding carboxylic acids is 1. The predicted molar refractivity (Wildman–Crippen MR) is 66.8 cm³/mol. The van der Waals surface area contributed by atoms with Crippen LogP contribution in [0.4, 0.5) is 5.69 Å². The number of Topliss-reactive ketones (excluding diaryl/α,β-unsaturated/α-hetero) is 1. The first-order valence-electron chi connectivity index (χ1n) is 6.16. The van der Waals surface area contributed by atoms with Gasteiger partial charge in [-0.1, -0.05) is 6.42 Å². The highest BCUT2D eigenvalue weighted by atomic mass is 16.4. The number of carbonyl (C=O) groups is 2. The molecule has 1 aromatic carbocycles. The summed E-state index contributed by atoms with van der Waals surface area (Å²) < 4.78 is 0. The fraction of sp³-hybridized carbons (Fsp3) is 0.357. The van der Waals surface area contributed by atoms with E-state index in [-0.39, 0.29) is 17.3 Å². The summed E-state index contributed by atoms with van der Waals surface area (Å²) in [6.45, 7) is 0. The molecule has 4 nitrogen and oxygen atoms in total. The highest BCUT2D eigenvalue weighted by Crippen LogP contribution is 2.35. The van der Waals surface area contributed by atoms with Crippen molar-refractivity contribution in [1.82, 2.24) is 0 Å². The number of benzene rings is 1. The van der Waals surface area contributed by atoms with Crippen molar-refractivity contribution in [3.05, 3.63) is 29.3 Å². The quantitative estimate of drug-likeness (QED) is 0.824. The lowest BCUT2D eigenvalue weighted by molar-refractivity contribution is 0.0696. The molecule has 0 amide bonds. The number of carboxylic acids is 1. The first-order valence-corrected chi connectivity index (χ1v) is 6.16. The molecule has 2 aliphatic rings. The smallest absolute Gasteiger partial charge is 0.335 e. The van der Waals surface area contributed by atoms with Crippen LogP contribution in [0.15, 0.2) is 23.2 Å². The van der Waals surface area contributed by atoms with Gasteiger partial charge < -0.3 is 5.11 Å². The summed E-state index contributed by atoms with van der Waals surface area (Å²) in [4.78, 5) is 27.7. The number of hydrogen-bond acceptors (Lipinski definition) is 3. The number of fused-ring (bicyclic) bond motifs is 2. The van der Waals surface area contributed by atoms with Gasteiger partial charge in [-0.25, -0.2) is 4.79 Å². The van der Waals surface area contributed by atoms with Gasteiger partial charge in [-0.15, -0.1) is 0 Å². The number of rotatable bonds is 1. The first kappa shape index (κ1) is 11.1. The topological polar surface area (TPSA) is 66.7 Å². The second-order valence-electron chi connectivity index (χ2n) is 4.80. The molecule has 1 atom stereocenters. The van der Waals surface area contributed by atoms with Gasteiger partial charge in [0, 0.05) is 11.3 Å². The van der Waals surface area contributed by atoms with E-state index >= 15 is 0 Å². The number of carboxylic acid groups (broad SMARTS) is 1. The molecular formula is C14H13NO3. The lowest BCUT2D eigenvalue weighted by Crippen LogP contribution is -2.30. The molecule has 1 N–H and O–H groups in total. The van der Waals surface area contributed by atoms with Gasteiger partial charge in [0.2, 0.25) is 0 Å². The largest absolute Gasteiger partial charge is 0.478 e. The van der Waals surface area contributed by atoms with Crippen molar-refractivity contribution in [3.8, 4) is 0 Å². The van der Waals surface area contributed by atoms with Crippen molar-refractivity contribution in [2.75, 3.05) is 0 Å². The van der Waals surface area contributed by atoms with E-state index in [0.717, 1.165) is 31.4 Å². The standard InChI is InChI=1S/C14H13NO3/c16-13-9-3-1-2-4-11(9)15-12-7-8(14(17)18)5-6-10(12)13/h5-7,9H,1-4H2,(H,17,18). The summed E-state index contributed by atoms with van der Waals surface area (Å²) in [5.41, 5.74) is 2.20. The van der Waals surface area contributed by atoms with E-state index in [2.05, 4.69) is 4.99 Å². The van der Waals surface area contributed by atoms with E-state index in [1.54, 1.807) is 6.07 Å². The van der Waals surface area contributed by atoms with Crippen molar-refractivity contribution < 1.29 is 14.7 Å². The van der Waals surface area contributed by atoms with Crippen molar-refractivity contribution in [2.45, 2.75) is 25.7 Å². The fourth-order valence-corrected chi connectivity index (χ4v) is 2.72. The Kier molecular flexibility index (Phi) is 2.51. The second kappa shape index (κ2) is 4.05. The first-order chi connectivity index (χ1) is 8.66. The second-order valence-corrected chi connectivity index (χ2v) is 4.80. The summed E-state index contributed by atoms with van der Waals surface area (Å²) in [5, 5.41) is 8.95. The molecule has 3 rings (SSSR count). The van der Waals surface area contributed by atoms with Crippen LogP contribution in [0.1, 0.15) is 46.4 Å². The lowest BCUT2D eigenvalue weighted by Gasteiger charge is -2.27. The van der Waals surface area contributed by atoms with Gasteiger partial charge in [-0.05, 0) is 37.5 Å². The van der Waals surface area contributed by atoms with Gasteiger partial charge in [0.25, 0.3) is 0 Å². The molecule has 4 heteroatoms. The van der Waals surface area contributed by atoms with Crippen LogP contribution in [0, 0.1) is 5.92 Å². The molecule has 92 valence electrons. The predicted octanol–water partition coefficient (Wildman–Crippen LogP) is 2.84. The molecule has 1 aliphatic heterocycles. The summed E-state index contributed by atoms with van der Waals surface area (Å²) in [6, 6.07) is 4.56. The van der Waals surface area contributed by atoms with E-state index in [0.29, 0.717) is 11.3 Å². The zero-order chi connectivity index (χ0) is 12.7. The Bertz CT molecular complexity index is 574. The number of aromatic carboxylic acids is 1. The zero-order valence-electron chi connectivity index (χ0n) is 9.85. The molecule has 18 heavy (non-hydrogen) atoms. The Balaban J connectivity index is 2.11. The average molecular weight is 243 g/mol. The van der Waals surface area contributed by atoms with Crippen molar-refractivity contribution in [1.29, 1.82) is 0 Å². The zero-order valence-corrected chi connectivity index (χ0v) is 9.85. The van der Waals surface area contributed by atoms with Crippen LogP contribution in [0.25, 0.3) is 0 Å². The summed E-state index contributed by atoms with van der Waals surface area (Å²) in [7, 11) is 0. The third-order valence-electron chi connectivity index (χ3n) is 3.67. The van der Waals surface area contributed by atoms with Crippen LogP contribution in [-0.2, 0) is 0 Å². The molecule has 0 aromatic heterocycles. The molecular weight excluding hydrogens is 230 g/mol. The maximum Gasteiger partial charge on any atom is 0.335 e. The molecule has 0 spiro atoms. The van der Waals surface area contributed by atoms with E-state index in [1.807, 2.05) is 0 Å². The molecule has 0 saturated heterocycles. The molecule has 1 saturated carbocycles. The third-order valence-corrected chi connectivity index (χ3v) is 3.67. The Morgan fingerprint density at radius 2 is 2.17 bits per heavy atom. The summed E-state index contributed by atoms with van der Waals surface area (Å²) in [5.74, 6) is -0.954. The van der Waals surface area contributed by atoms with Gasteiger partial charge in [0.05, 0.1) is 17.2 Å². The minimum Gasteiger partial charge on any atom is -0.478 e. The highest BCUT2D eigenvalue weighted by Gasteiger charge is 2.33. The third kappa shape index (κ3) is 1.65. The van der Waals surface area contributed by atoms with Crippen molar-refractivity contribution in [2.24, 2.45) is 10.9 Å². The van der Waals surface area contributed by atoms with Crippen LogP contribution < -0.4 is 0 Å². The van der Waals surface area contributed by atoms with E-state index in [1.165, 1.54) is 12.1 Å². The van der Waals surface area contributed by atoms with Crippen LogP contribution >= 0.6 is 0 Å². The molecule has 0 bridgehead atoms. The number of nitrogens with zero attached hydrogens (tertiary/aromatic N) is 1. The van der Waals surface area contributed by atoms with Crippen LogP contribution in [0.5, 0.6) is 0 Å². The van der Waals surface area contributed by atoms with Crippen molar-refractivity contribution in [3.63, 3.8) is 0 Å². The maximum atomic E-state index is 12.3. The van der Waals surface area contributed by atoms with Gasteiger partial charge in [-0.2, -0.15) is 0 Å². The van der Waals surface area contributed by atoms with Crippen LogP contribution in [-0.4, -0.2) is 22.6 Å². The molecule has 1 heterocycles. The van der Waals surface area contributed by atoms with Crippen molar-refractivity contribution >= 4 is 23.2 Å². The Hall–Kier alpha value is -1.97. The van der Waals surface area contributed by atoms with Gasteiger partial charge >= 0.3 is 5.97 Å². The molecule has 1 aromatic rings. The SMILES string of the molecule is O=C(O)c1ccc2c(c1)N=C1CCCCC1C2=O.